The number of nitrogens with zero attached hydrogens (tertiary/aromatic N) is 4. The molecule has 4 aromatic heterocycles. The van der Waals surface area contributed by atoms with Crippen LogP contribution in [0.15, 0.2) is 152 Å². The summed E-state index contributed by atoms with van der Waals surface area (Å²) in [6.45, 7) is 6.00. The van der Waals surface area contributed by atoms with E-state index in [1.165, 1.54) is 82.6 Å². The van der Waals surface area contributed by atoms with Gasteiger partial charge in [0, 0.05) is 33.9 Å². The summed E-state index contributed by atoms with van der Waals surface area (Å²) in [5.41, 5.74) is 20.1. The minimum absolute atomic E-state index is 0.845. The van der Waals surface area contributed by atoms with Crippen molar-refractivity contribution < 1.29 is 9.47 Å². The van der Waals surface area contributed by atoms with Gasteiger partial charge in [0.2, 0.25) is 0 Å². The summed E-state index contributed by atoms with van der Waals surface area (Å²) in [4.78, 5) is 9.22. The van der Waals surface area contributed by atoms with E-state index in [1.54, 1.807) is 14.2 Å². The van der Waals surface area contributed by atoms with Gasteiger partial charge in [-0.1, -0.05) is 43.0 Å². The molecular weight excluding hydrogens is 725 g/mol. The first-order valence-electron chi connectivity index (χ1n) is 20.3. The molecule has 286 valence electrons. The number of benzene rings is 5. The van der Waals surface area contributed by atoms with Crippen molar-refractivity contribution in [2.45, 2.75) is 32.6 Å². The summed E-state index contributed by atoms with van der Waals surface area (Å²) in [5.74, 6) is 1.70. The van der Waals surface area contributed by atoms with Crippen LogP contribution in [-0.4, -0.2) is 33.3 Å². The number of methoxy groups -OCH3 is 2. The lowest BCUT2D eigenvalue weighted by molar-refractivity contribution is 0.294. The molecule has 5 aromatic carbocycles. The second-order valence-electron chi connectivity index (χ2n) is 15.7. The van der Waals surface area contributed by atoms with Gasteiger partial charge in [0.15, 0.2) is 0 Å². The van der Waals surface area contributed by atoms with Crippen LogP contribution in [0.1, 0.15) is 34.7 Å². The predicted molar refractivity (Wildman–Crippen MR) is 242 cm³/mol. The van der Waals surface area contributed by atoms with Gasteiger partial charge in [0.25, 0.3) is 0 Å². The first-order chi connectivity index (χ1) is 29.0. The summed E-state index contributed by atoms with van der Waals surface area (Å²) in [5, 5.41) is 5.07. The van der Waals surface area contributed by atoms with Crippen molar-refractivity contribution in [3.63, 3.8) is 0 Å². The molecular formula is C53H42N4O2. The van der Waals surface area contributed by atoms with Crippen LogP contribution in [0.4, 0.5) is 0 Å². The van der Waals surface area contributed by atoms with Gasteiger partial charge in [-0.3, -0.25) is 9.97 Å². The van der Waals surface area contributed by atoms with Crippen LogP contribution in [-0.2, 0) is 30.4 Å². The van der Waals surface area contributed by atoms with Gasteiger partial charge in [-0.25, -0.2) is 0 Å². The minimum atomic E-state index is 0.845. The average Bonchev–Trinajstić information content (AvgIpc) is 3.80. The zero-order chi connectivity index (χ0) is 39.8. The number of fused-ring (bicyclic) bond motifs is 8. The van der Waals surface area contributed by atoms with Crippen molar-refractivity contribution in [1.82, 2.24) is 19.1 Å². The number of allylic oxidation sites excluding steroid dienone is 5. The largest absolute Gasteiger partial charge is 0.501 e. The van der Waals surface area contributed by atoms with E-state index in [0.717, 1.165) is 65.3 Å². The van der Waals surface area contributed by atoms with Crippen LogP contribution in [0.5, 0.6) is 5.75 Å². The minimum Gasteiger partial charge on any atom is -0.501 e. The molecule has 0 atom stereocenters. The third-order valence-electron chi connectivity index (χ3n) is 12.5. The fraction of sp³-hybridized carbons (Fsp3) is 0.132. The lowest BCUT2D eigenvalue weighted by Gasteiger charge is -2.31. The van der Waals surface area contributed by atoms with E-state index < -0.39 is 0 Å². The summed E-state index contributed by atoms with van der Waals surface area (Å²) < 4.78 is 16.1. The van der Waals surface area contributed by atoms with E-state index in [0.29, 0.717) is 0 Å². The van der Waals surface area contributed by atoms with Crippen LogP contribution in [0.3, 0.4) is 0 Å². The first-order valence-corrected chi connectivity index (χ1v) is 20.3. The Bertz CT molecular complexity index is 3260. The molecule has 2 aliphatic carbocycles. The smallest absolute Gasteiger partial charge is 0.119 e. The molecule has 0 amide bonds. The van der Waals surface area contributed by atoms with Gasteiger partial charge >= 0.3 is 0 Å². The zero-order valence-corrected chi connectivity index (χ0v) is 33.4. The maximum absolute atomic E-state index is 5.61. The molecule has 11 rings (SSSR count). The molecule has 0 saturated carbocycles. The third kappa shape index (κ3) is 5.40. The van der Waals surface area contributed by atoms with E-state index >= 15 is 0 Å². The molecule has 6 nitrogen and oxygen atoms in total. The van der Waals surface area contributed by atoms with E-state index in [4.69, 9.17) is 9.47 Å². The van der Waals surface area contributed by atoms with Crippen molar-refractivity contribution in [3.8, 4) is 39.4 Å². The van der Waals surface area contributed by atoms with Gasteiger partial charge in [-0.15, -0.1) is 0 Å². The van der Waals surface area contributed by atoms with E-state index in [9.17, 15) is 0 Å². The molecule has 2 aliphatic rings. The van der Waals surface area contributed by atoms with Crippen LogP contribution in [0.2, 0.25) is 0 Å². The fourth-order valence-corrected chi connectivity index (χ4v) is 9.96. The van der Waals surface area contributed by atoms with E-state index in [2.05, 4.69) is 117 Å². The van der Waals surface area contributed by atoms with Crippen molar-refractivity contribution >= 4 is 49.2 Å². The third-order valence-corrected chi connectivity index (χ3v) is 12.5. The van der Waals surface area contributed by atoms with Crippen LogP contribution in [0, 0.1) is 0 Å². The highest BCUT2D eigenvalue weighted by atomic mass is 16.5. The molecule has 0 fully saturated rings. The van der Waals surface area contributed by atoms with Gasteiger partial charge < -0.3 is 18.6 Å². The number of pyridine rings is 2. The maximum Gasteiger partial charge on any atom is 0.119 e. The van der Waals surface area contributed by atoms with Gasteiger partial charge in [0.1, 0.15) is 5.75 Å². The van der Waals surface area contributed by atoms with Crippen molar-refractivity contribution in [3.05, 3.63) is 180 Å². The van der Waals surface area contributed by atoms with Gasteiger partial charge in [-0.05, 0) is 167 Å². The number of hydrogen-bond donors (Lipinski definition) is 0. The topological polar surface area (TPSA) is 54.1 Å². The molecule has 0 bridgehead atoms. The van der Waals surface area contributed by atoms with Gasteiger partial charge in [-0.2, -0.15) is 0 Å². The Morgan fingerprint density at radius 3 is 1.83 bits per heavy atom. The Labute approximate surface area is 343 Å². The molecule has 0 saturated heterocycles. The molecule has 59 heavy (non-hydrogen) atoms. The Morgan fingerprint density at radius 2 is 1.25 bits per heavy atom. The molecule has 4 heterocycles. The zero-order valence-electron chi connectivity index (χ0n) is 33.4. The standard InChI is InChI=1S/C53H42N4O2/c1-5-9-33(24-32(2)58-3)35-16-20-48-44(26-35)46-28-37-14-15-38-29-47-45-27-36(34-10-6-13-41(25-34)59-4)17-21-49(45)57(40-12-8-23-55-31-40)53(47)43-19-18-42(50(37)51(38)43)52(46)56(48)39-11-7-22-54-30-39/h5-13,16-17,20-31H,1,14-15,18-19H2,2-4H3/b32-24+,33-9+. The Kier molecular flexibility index (Phi) is 8.15. The van der Waals surface area contributed by atoms with Crippen molar-refractivity contribution in [2.75, 3.05) is 14.2 Å². The first kappa shape index (κ1) is 35.0. The summed E-state index contributed by atoms with van der Waals surface area (Å²) in [6.07, 6.45) is 17.5. The molecule has 9 aromatic rings. The highest BCUT2D eigenvalue weighted by Gasteiger charge is 2.33. The molecule has 0 unspecified atom stereocenters. The predicted octanol–water partition coefficient (Wildman–Crippen LogP) is 12.3. The summed E-state index contributed by atoms with van der Waals surface area (Å²) >= 11 is 0. The second-order valence-corrected chi connectivity index (χ2v) is 15.7. The maximum atomic E-state index is 5.61. The number of hydrogen-bond acceptors (Lipinski definition) is 4. The number of aryl methyl sites for hydroxylation is 4. The highest BCUT2D eigenvalue weighted by Crippen LogP contribution is 2.51. The van der Waals surface area contributed by atoms with Crippen molar-refractivity contribution in [2.24, 2.45) is 0 Å². The summed E-state index contributed by atoms with van der Waals surface area (Å²) in [7, 11) is 3.44. The normalized spacial score (nSPS) is 13.7. The molecule has 0 spiro atoms. The lowest BCUT2D eigenvalue weighted by atomic mass is 9.74. The fourth-order valence-electron chi connectivity index (χ4n) is 9.96. The average molecular weight is 767 g/mol. The lowest BCUT2D eigenvalue weighted by Crippen LogP contribution is -2.16. The number of aromatic nitrogens is 4. The molecule has 0 aliphatic heterocycles. The van der Waals surface area contributed by atoms with E-state index in [-0.39, 0.29) is 0 Å². The monoisotopic (exact) mass is 766 g/mol. The van der Waals surface area contributed by atoms with Crippen LogP contribution < -0.4 is 4.74 Å². The van der Waals surface area contributed by atoms with Crippen molar-refractivity contribution in [1.29, 1.82) is 0 Å². The molecule has 6 heteroatoms. The van der Waals surface area contributed by atoms with Gasteiger partial charge in [0.05, 0.1) is 65.8 Å². The Balaban J connectivity index is 1.20. The number of rotatable bonds is 8. The Morgan fingerprint density at radius 1 is 0.644 bits per heavy atom. The SMILES string of the molecule is C=C/C=C(\C=C(/C)OC)c1ccc2c(c1)c1cc3c4c(c1n2-c1cccnc1)CCc1c-4c(cc2c4cc(-c5cccc(OC)c5)ccc4n(-c4cccnc4)c12)CC3. The second kappa shape index (κ2) is 13.7. The summed E-state index contributed by atoms with van der Waals surface area (Å²) in [6, 6.07) is 35.5. The van der Waals surface area contributed by atoms with E-state index in [1.807, 2.05) is 56.0 Å². The Hall–Kier alpha value is -7.18. The molecule has 0 radical (unpaired) electrons. The highest BCUT2D eigenvalue weighted by molar-refractivity contribution is 6.16. The van der Waals surface area contributed by atoms with Crippen LogP contribution >= 0.6 is 0 Å². The number of ether oxygens (including phenoxy) is 2. The van der Waals surface area contributed by atoms with Crippen LogP contribution in [0.25, 0.3) is 82.8 Å². The quantitative estimate of drug-likeness (QED) is 0.114. The molecule has 0 N–H and O–H groups in total.